The molecule has 182 valence electrons. The minimum Gasteiger partial charge on any atom is -0.497 e. The standard InChI is InChI=1S/C29H25ClN2O3S/c1-19-8-11-22(30)18-26(19)32-29(34)27(20-6-4-3-5-7-20)36-25-16-12-23(13-17-25)31-28(33)21-9-14-24(35-2)15-10-21/h3-18,27H,1-2H3,(H,31,33)(H,32,34). The van der Waals surface area contributed by atoms with E-state index in [9.17, 15) is 9.59 Å². The molecular weight excluding hydrogens is 492 g/mol. The molecule has 2 N–H and O–H groups in total. The predicted octanol–water partition coefficient (Wildman–Crippen LogP) is 7.38. The fourth-order valence-corrected chi connectivity index (χ4v) is 4.72. The number of rotatable bonds is 8. The minimum absolute atomic E-state index is 0.145. The number of carbonyl (C=O) groups is 2. The Kier molecular flexibility index (Phi) is 8.31. The summed E-state index contributed by atoms with van der Waals surface area (Å²) in [6.45, 7) is 1.93. The number of nitrogens with one attached hydrogen (secondary N) is 2. The van der Waals surface area contributed by atoms with Gasteiger partial charge in [0.05, 0.1) is 7.11 Å². The zero-order valence-electron chi connectivity index (χ0n) is 19.8. The quantitative estimate of drug-likeness (QED) is 0.240. The lowest BCUT2D eigenvalue weighted by molar-refractivity contribution is -0.115. The van der Waals surface area contributed by atoms with E-state index >= 15 is 0 Å². The van der Waals surface area contributed by atoms with Crippen LogP contribution in [0.15, 0.2) is 102 Å². The van der Waals surface area contributed by atoms with Gasteiger partial charge in [-0.25, -0.2) is 0 Å². The van der Waals surface area contributed by atoms with E-state index in [4.69, 9.17) is 16.3 Å². The molecule has 4 aromatic carbocycles. The fourth-order valence-electron chi connectivity index (χ4n) is 3.53. The molecule has 0 aliphatic carbocycles. The van der Waals surface area contributed by atoms with Crippen molar-refractivity contribution < 1.29 is 14.3 Å². The molecule has 0 saturated carbocycles. The largest absolute Gasteiger partial charge is 0.497 e. The lowest BCUT2D eigenvalue weighted by Gasteiger charge is -2.18. The lowest BCUT2D eigenvalue weighted by Crippen LogP contribution is -2.19. The molecule has 0 radical (unpaired) electrons. The van der Waals surface area contributed by atoms with Gasteiger partial charge in [-0.1, -0.05) is 48.0 Å². The molecule has 1 unspecified atom stereocenters. The van der Waals surface area contributed by atoms with E-state index < -0.39 is 5.25 Å². The predicted molar refractivity (Wildman–Crippen MR) is 147 cm³/mol. The van der Waals surface area contributed by atoms with Crippen LogP contribution in [-0.2, 0) is 4.79 Å². The van der Waals surface area contributed by atoms with Crippen molar-refractivity contribution >= 4 is 46.6 Å². The third kappa shape index (κ3) is 6.47. The van der Waals surface area contributed by atoms with Crippen molar-refractivity contribution in [3.05, 3.63) is 119 Å². The zero-order valence-corrected chi connectivity index (χ0v) is 21.4. The maximum absolute atomic E-state index is 13.4. The summed E-state index contributed by atoms with van der Waals surface area (Å²) in [5, 5.41) is 6.00. The summed E-state index contributed by atoms with van der Waals surface area (Å²) >= 11 is 7.57. The van der Waals surface area contributed by atoms with E-state index in [2.05, 4.69) is 10.6 Å². The first-order valence-corrected chi connectivity index (χ1v) is 12.5. The van der Waals surface area contributed by atoms with Gasteiger partial charge in [-0.2, -0.15) is 0 Å². The van der Waals surface area contributed by atoms with E-state index in [0.717, 1.165) is 16.0 Å². The van der Waals surface area contributed by atoms with Gasteiger partial charge in [0.25, 0.3) is 5.91 Å². The molecule has 0 aromatic heterocycles. The van der Waals surface area contributed by atoms with Gasteiger partial charge in [-0.05, 0) is 78.7 Å². The van der Waals surface area contributed by atoms with Crippen molar-refractivity contribution in [2.75, 3.05) is 17.7 Å². The van der Waals surface area contributed by atoms with E-state index in [1.165, 1.54) is 11.8 Å². The Labute approximate surface area is 219 Å². The van der Waals surface area contributed by atoms with Gasteiger partial charge in [-0.15, -0.1) is 11.8 Å². The molecule has 0 heterocycles. The molecule has 4 aromatic rings. The normalized spacial score (nSPS) is 11.4. The molecule has 7 heteroatoms. The van der Waals surface area contributed by atoms with Gasteiger partial charge >= 0.3 is 0 Å². The van der Waals surface area contributed by atoms with Crippen LogP contribution in [0.4, 0.5) is 11.4 Å². The second-order valence-corrected chi connectivity index (χ2v) is 9.68. The summed E-state index contributed by atoms with van der Waals surface area (Å²) < 4.78 is 5.14. The maximum atomic E-state index is 13.4. The van der Waals surface area contributed by atoms with Crippen molar-refractivity contribution in [2.24, 2.45) is 0 Å². The van der Waals surface area contributed by atoms with Gasteiger partial charge in [0.1, 0.15) is 11.0 Å². The summed E-state index contributed by atoms with van der Waals surface area (Å²) in [5.41, 5.74) is 3.70. The van der Waals surface area contributed by atoms with Gasteiger partial charge < -0.3 is 15.4 Å². The van der Waals surface area contributed by atoms with E-state index in [-0.39, 0.29) is 11.8 Å². The topological polar surface area (TPSA) is 67.4 Å². The van der Waals surface area contributed by atoms with Crippen LogP contribution in [0.25, 0.3) is 0 Å². The number of ether oxygens (including phenoxy) is 1. The average molecular weight is 517 g/mol. The van der Waals surface area contributed by atoms with Crippen LogP contribution >= 0.6 is 23.4 Å². The minimum atomic E-state index is -0.482. The van der Waals surface area contributed by atoms with Crippen LogP contribution in [-0.4, -0.2) is 18.9 Å². The van der Waals surface area contributed by atoms with Gasteiger partial charge in [0.15, 0.2) is 0 Å². The molecular formula is C29H25ClN2O3S. The Bertz CT molecular complexity index is 1340. The van der Waals surface area contributed by atoms with Crippen LogP contribution in [0.1, 0.15) is 26.7 Å². The number of methoxy groups -OCH3 is 1. The first kappa shape index (κ1) is 25.4. The van der Waals surface area contributed by atoms with Crippen molar-refractivity contribution in [3.63, 3.8) is 0 Å². The van der Waals surface area contributed by atoms with Crippen LogP contribution in [0.3, 0.4) is 0 Å². The second-order valence-electron chi connectivity index (χ2n) is 8.06. The third-order valence-corrected chi connectivity index (χ3v) is 7.02. The highest BCUT2D eigenvalue weighted by atomic mass is 35.5. The fraction of sp³-hybridized carbons (Fsp3) is 0.103. The molecule has 2 amide bonds. The number of carbonyl (C=O) groups excluding carboxylic acids is 2. The highest BCUT2D eigenvalue weighted by Crippen LogP contribution is 2.37. The van der Waals surface area contributed by atoms with E-state index in [1.807, 2.05) is 67.6 Å². The molecule has 0 bridgehead atoms. The lowest BCUT2D eigenvalue weighted by atomic mass is 10.1. The van der Waals surface area contributed by atoms with Crippen molar-refractivity contribution in [1.82, 2.24) is 0 Å². The Balaban J connectivity index is 1.48. The molecule has 0 aliphatic rings. The number of benzene rings is 4. The number of thioether (sulfide) groups is 1. The summed E-state index contributed by atoms with van der Waals surface area (Å²) in [4.78, 5) is 26.8. The number of amides is 2. The van der Waals surface area contributed by atoms with Gasteiger partial charge in [-0.3, -0.25) is 9.59 Å². The number of hydrogen-bond donors (Lipinski definition) is 2. The molecule has 0 saturated heterocycles. The highest BCUT2D eigenvalue weighted by molar-refractivity contribution is 8.00. The Morgan fingerprint density at radius 3 is 2.22 bits per heavy atom. The van der Waals surface area contributed by atoms with E-state index in [0.29, 0.717) is 27.7 Å². The molecule has 0 spiro atoms. The van der Waals surface area contributed by atoms with Crippen LogP contribution in [0.5, 0.6) is 5.75 Å². The third-order valence-electron chi connectivity index (χ3n) is 5.52. The molecule has 1 atom stereocenters. The number of aryl methyl sites for hydroxylation is 1. The van der Waals surface area contributed by atoms with Crippen LogP contribution in [0, 0.1) is 6.92 Å². The number of anilines is 2. The molecule has 36 heavy (non-hydrogen) atoms. The van der Waals surface area contributed by atoms with E-state index in [1.54, 1.807) is 43.5 Å². The second kappa shape index (κ2) is 11.8. The molecule has 5 nitrogen and oxygen atoms in total. The van der Waals surface area contributed by atoms with Crippen LogP contribution < -0.4 is 15.4 Å². The summed E-state index contributed by atoms with van der Waals surface area (Å²) in [5.74, 6) is 0.334. The summed E-state index contributed by atoms with van der Waals surface area (Å²) in [6, 6.07) is 29.4. The smallest absolute Gasteiger partial charge is 0.255 e. The van der Waals surface area contributed by atoms with Gasteiger partial charge in [0.2, 0.25) is 5.91 Å². The van der Waals surface area contributed by atoms with Crippen molar-refractivity contribution in [3.8, 4) is 5.75 Å². The Hall–Kier alpha value is -3.74. The summed E-state index contributed by atoms with van der Waals surface area (Å²) in [7, 11) is 1.58. The Morgan fingerprint density at radius 2 is 1.56 bits per heavy atom. The highest BCUT2D eigenvalue weighted by Gasteiger charge is 2.23. The average Bonchev–Trinajstić information content (AvgIpc) is 2.90. The monoisotopic (exact) mass is 516 g/mol. The molecule has 0 aliphatic heterocycles. The molecule has 0 fully saturated rings. The van der Waals surface area contributed by atoms with Crippen molar-refractivity contribution in [2.45, 2.75) is 17.1 Å². The first-order chi connectivity index (χ1) is 17.4. The number of halogens is 1. The van der Waals surface area contributed by atoms with Crippen molar-refractivity contribution in [1.29, 1.82) is 0 Å². The Morgan fingerprint density at radius 1 is 0.861 bits per heavy atom. The first-order valence-electron chi connectivity index (χ1n) is 11.3. The van der Waals surface area contributed by atoms with Crippen LogP contribution in [0.2, 0.25) is 5.02 Å². The summed E-state index contributed by atoms with van der Waals surface area (Å²) in [6.07, 6.45) is 0. The maximum Gasteiger partial charge on any atom is 0.255 e. The molecule has 4 rings (SSSR count). The van der Waals surface area contributed by atoms with Gasteiger partial charge in [0, 0.05) is 26.9 Å². The number of hydrogen-bond acceptors (Lipinski definition) is 4. The SMILES string of the molecule is COc1ccc(C(=O)Nc2ccc(SC(C(=O)Nc3cc(Cl)ccc3C)c3ccccc3)cc2)cc1. The zero-order chi connectivity index (χ0) is 25.5.